The summed E-state index contributed by atoms with van der Waals surface area (Å²) in [6.45, 7) is 2.45. The van der Waals surface area contributed by atoms with Crippen molar-refractivity contribution in [2.75, 3.05) is 38.7 Å². The van der Waals surface area contributed by atoms with Crippen molar-refractivity contribution in [3.05, 3.63) is 0 Å². The number of ether oxygens (including phenoxy) is 2. The Bertz CT molecular complexity index is 332. The van der Waals surface area contributed by atoms with Crippen LogP contribution in [-0.4, -0.2) is 63.5 Å². The maximum Gasteiger partial charge on any atom is 0.216 e. The number of hydrogen-bond acceptors (Lipinski definition) is 5. The second kappa shape index (κ2) is 5.62. The highest BCUT2D eigenvalue weighted by Gasteiger charge is 2.30. The van der Waals surface area contributed by atoms with Crippen molar-refractivity contribution in [1.29, 1.82) is 0 Å². The van der Waals surface area contributed by atoms with Gasteiger partial charge in [0.1, 0.15) is 0 Å². The van der Waals surface area contributed by atoms with Crippen LogP contribution in [0.3, 0.4) is 0 Å². The van der Waals surface area contributed by atoms with Gasteiger partial charge in [-0.05, 0) is 12.8 Å². The molecule has 0 aromatic carbocycles. The van der Waals surface area contributed by atoms with Crippen LogP contribution in [0.2, 0.25) is 0 Å². The van der Waals surface area contributed by atoms with Gasteiger partial charge in [-0.3, -0.25) is 0 Å². The molecule has 7 heteroatoms. The quantitative estimate of drug-likeness (QED) is 0.718. The third kappa shape index (κ3) is 3.62. The van der Waals surface area contributed by atoms with Crippen LogP contribution in [0.4, 0.5) is 0 Å². The molecule has 0 aromatic rings. The number of rotatable bonds is 3. The fourth-order valence-corrected chi connectivity index (χ4v) is 3.77. The van der Waals surface area contributed by atoms with Crippen LogP contribution in [0, 0.1) is 0 Å². The summed E-state index contributed by atoms with van der Waals surface area (Å²) in [6.07, 6.45) is 1.15. The van der Waals surface area contributed by atoms with Crippen LogP contribution in [-0.2, 0) is 19.5 Å². The summed E-state index contributed by atoms with van der Waals surface area (Å²) < 4.78 is 36.3. The van der Waals surface area contributed by atoms with E-state index in [9.17, 15) is 8.42 Å². The minimum absolute atomic E-state index is 0.0161. The van der Waals surface area contributed by atoms with Crippen molar-refractivity contribution in [2.45, 2.75) is 25.0 Å². The van der Waals surface area contributed by atoms with Gasteiger partial charge < -0.3 is 15.2 Å². The van der Waals surface area contributed by atoms with Crippen LogP contribution in [0.15, 0.2) is 0 Å². The summed E-state index contributed by atoms with van der Waals surface area (Å²) in [5.74, 6) is 0.0161. The van der Waals surface area contributed by atoms with Gasteiger partial charge in [0.15, 0.2) is 0 Å². The van der Waals surface area contributed by atoms with Gasteiger partial charge in [0.2, 0.25) is 10.0 Å². The first-order chi connectivity index (χ1) is 8.08. The van der Waals surface area contributed by atoms with Crippen molar-refractivity contribution < 1.29 is 17.9 Å². The van der Waals surface area contributed by atoms with Crippen molar-refractivity contribution in [2.24, 2.45) is 5.73 Å². The van der Waals surface area contributed by atoms with Gasteiger partial charge >= 0.3 is 0 Å². The highest BCUT2D eigenvalue weighted by atomic mass is 32.2. The fraction of sp³-hybridized carbons (Fsp3) is 1.00. The van der Waals surface area contributed by atoms with Crippen molar-refractivity contribution in [3.63, 3.8) is 0 Å². The summed E-state index contributed by atoms with van der Waals surface area (Å²) in [4.78, 5) is 0. The van der Waals surface area contributed by atoms with Gasteiger partial charge in [-0.1, -0.05) is 0 Å². The lowest BCUT2D eigenvalue weighted by atomic mass is 10.1. The van der Waals surface area contributed by atoms with Crippen LogP contribution in [0.5, 0.6) is 0 Å². The molecule has 2 fully saturated rings. The van der Waals surface area contributed by atoms with Crippen molar-refractivity contribution in [1.82, 2.24) is 4.31 Å². The minimum atomic E-state index is -3.23. The van der Waals surface area contributed by atoms with E-state index in [1.807, 2.05) is 0 Å². The Morgan fingerprint density at radius 1 is 1.24 bits per heavy atom. The Morgan fingerprint density at radius 2 is 1.94 bits per heavy atom. The second-order valence-electron chi connectivity index (χ2n) is 4.58. The lowest BCUT2D eigenvalue weighted by molar-refractivity contribution is -0.0785. The minimum Gasteiger partial charge on any atom is -0.376 e. The zero-order valence-electron chi connectivity index (χ0n) is 9.88. The summed E-state index contributed by atoms with van der Waals surface area (Å²) in [6, 6.07) is 0.135. The molecule has 2 N–H and O–H groups in total. The molecule has 100 valence electrons. The molecule has 1 atom stereocenters. The highest BCUT2D eigenvalue weighted by molar-refractivity contribution is 7.89. The molecule has 0 saturated carbocycles. The predicted molar refractivity (Wildman–Crippen MR) is 63.1 cm³/mol. The Hall–Kier alpha value is -0.210. The number of hydrogen-bond donors (Lipinski definition) is 1. The molecule has 0 bridgehead atoms. The number of nitrogens with zero attached hydrogens (tertiary/aromatic N) is 1. The molecule has 6 nitrogen and oxygen atoms in total. The van der Waals surface area contributed by atoms with Gasteiger partial charge in [-0.2, -0.15) is 0 Å². The average Bonchev–Trinajstić information content (AvgIpc) is 2.30. The maximum absolute atomic E-state index is 12.1. The van der Waals surface area contributed by atoms with Crippen molar-refractivity contribution in [3.8, 4) is 0 Å². The molecular weight excluding hydrogens is 244 g/mol. The van der Waals surface area contributed by atoms with E-state index in [2.05, 4.69) is 0 Å². The Morgan fingerprint density at radius 3 is 2.53 bits per heavy atom. The molecule has 0 aliphatic carbocycles. The maximum atomic E-state index is 12.1. The van der Waals surface area contributed by atoms with Gasteiger partial charge in [-0.15, -0.1) is 0 Å². The van der Waals surface area contributed by atoms with E-state index in [1.165, 1.54) is 4.31 Å². The van der Waals surface area contributed by atoms with E-state index in [4.69, 9.17) is 15.2 Å². The Balaban J connectivity index is 1.89. The zero-order valence-corrected chi connectivity index (χ0v) is 10.7. The summed E-state index contributed by atoms with van der Waals surface area (Å²) >= 11 is 0. The van der Waals surface area contributed by atoms with Gasteiger partial charge in [-0.25, -0.2) is 12.7 Å². The van der Waals surface area contributed by atoms with Crippen LogP contribution < -0.4 is 5.73 Å². The molecule has 0 radical (unpaired) electrons. The molecule has 2 aliphatic rings. The molecule has 2 heterocycles. The van der Waals surface area contributed by atoms with E-state index in [1.54, 1.807) is 0 Å². The van der Waals surface area contributed by atoms with Crippen LogP contribution >= 0.6 is 0 Å². The molecular formula is C10H20N2O4S. The first kappa shape index (κ1) is 13.2. The molecule has 0 spiro atoms. The Labute approximate surface area is 102 Å². The normalized spacial score (nSPS) is 29.4. The summed E-state index contributed by atoms with van der Waals surface area (Å²) in [5.41, 5.74) is 5.76. The first-order valence-corrected chi connectivity index (χ1v) is 7.61. The topological polar surface area (TPSA) is 81.9 Å². The van der Waals surface area contributed by atoms with E-state index < -0.39 is 10.0 Å². The fourth-order valence-electron chi connectivity index (χ4n) is 2.13. The van der Waals surface area contributed by atoms with Gasteiger partial charge in [0.05, 0.1) is 31.7 Å². The zero-order chi connectivity index (χ0) is 12.3. The number of nitrogens with two attached hydrogens (primary N) is 1. The van der Waals surface area contributed by atoms with Crippen molar-refractivity contribution >= 4 is 10.0 Å². The van der Waals surface area contributed by atoms with E-state index in [0.29, 0.717) is 32.9 Å². The third-order valence-electron chi connectivity index (χ3n) is 3.17. The average molecular weight is 264 g/mol. The monoisotopic (exact) mass is 264 g/mol. The molecule has 2 aliphatic heterocycles. The molecule has 17 heavy (non-hydrogen) atoms. The third-order valence-corrected chi connectivity index (χ3v) is 5.12. The molecule has 2 saturated heterocycles. The second-order valence-corrected chi connectivity index (χ2v) is 6.60. The molecule has 1 unspecified atom stereocenters. The SMILES string of the molecule is NC1CCN(S(=O)(=O)CC2COCCO2)CC1. The number of piperidine rings is 1. The predicted octanol–water partition coefficient (Wildman–Crippen LogP) is -0.845. The lowest BCUT2D eigenvalue weighted by Gasteiger charge is -2.31. The van der Waals surface area contributed by atoms with E-state index in [-0.39, 0.29) is 17.9 Å². The van der Waals surface area contributed by atoms with Crippen LogP contribution in [0.25, 0.3) is 0 Å². The Kier molecular flexibility index (Phi) is 4.37. The van der Waals surface area contributed by atoms with Crippen LogP contribution in [0.1, 0.15) is 12.8 Å². The molecule has 2 rings (SSSR count). The smallest absolute Gasteiger partial charge is 0.216 e. The van der Waals surface area contributed by atoms with Gasteiger partial charge in [0.25, 0.3) is 0 Å². The summed E-state index contributed by atoms with van der Waals surface area (Å²) in [7, 11) is -3.23. The van der Waals surface area contributed by atoms with Gasteiger partial charge in [0, 0.05) is 19.1 Å². The molecule has 0 amide bonds. The first-order valence-electron chi connectivity index (χ1n) is 6.01. The summed E-state index contributed by atoms with van der Waals surface area (Å²) in [5, 5.41) is 0. The van der Waals surface area contributed by atoms with E-state index in [0.717, 1.165) is 12.8 Å². The standard InChI is InChI=1S/C10H20N2O4S/c11-9-1-3-12(4-2-9)17(13,14)8-10-7-15-5-6-16-10/h9-10H,1-8,11H2. The largest absolute Gasteiger partial charge is 0.376 e. The molecule has 0 aromatic heterocycles. The number of sulfonamides is 1. The van der Waals surface area contributed by atoms with E-state index >= 15 is 0 Å². The highest BCUT2D eigenvalue weighted by Crippen LogP contribution is 2.15. The lowest BCUT2D eigenvalue weighted by Crippen LogP contribution is -2.46.